The molecule has 1 aliphatic carbocycles. The largest absolute Gasteiger partial charge is 0.385 e. The SMILES string of the molecule is N#Cc1ccc(NCC2CCCC2)cc1. The van der Waals surface area contributed by atoms with Gasteiger partial charge in [-0.05, 0) is 43.0 Å². The zero-order valence-electron chi connectivity index (χ0n) is 8.87. The second kappa shape index (κ2) is 4.84. The molecule has 0 spiro atoms. The molecule has 0 atom stereocenters. The number of nitrogens with zero attached hydrogens (tertiary/aromatic N) is 1. The average molecular weight is 200 g/mol. The van der Waals surface area contributed by atoms with E-state index in [0.717, 1.165) is 23.7 Å². The Morgan fingerprint density at radius 2 is 1.87 bits per heavy atom. The Bertz CT molecular complexity index is 342. The molecule has 0 bridgehead atoms. The van der Waals surface area contributed by atoms with Crippen LogP contribution >= 0.6 is 0 Å². The first-order valence-electron chi connectivity index (χ1n) is 5.62. The molecule has 78 valence electrons. The van der Waals surface area contributed by atoms with Crippen molar-refractivity contribution in [1.82, 2.24) is 0 Å². The van der Waals surface area contributed by atoms with Gasteiger partial charge in [0.15, 0.2) is 0 Å². The lowest BCUT2D eigenvalue weighted by Crippen LogP contribution is -2.10. The minimum absolute atomic E-state index is 0.724. The van der Waals surface area contributed by atoms with E-state index in [-0.39, 0.29) is 0 Å². The van der Waals surface area contributed by atoms with Crippen LogP contribution in [-0.2, 0) is 0 Å². The fourth-order valence-corrected chi connectivity index (χ4v) is 2.14. The lowest BCUT2D eigenvalue weighted by molar-refractivity contribution is 0.580. The van der Waals surface area contributed by atoms with Crippen molar-refractivity contribution in [3.8, 4) is 6.07 Å². The fraction of sp³-hybridized carbons (Fsp3) is 0.462. The van der Waals surface area contributed by atoms with Gasteiger partial charge in [0.25, 0.3) is 0 Å². The van der Waals surface area contributed by atoms with E-state index in [0.29, 0.717) is 0 Å². The maximum Gasteiger partial charge on any atom is 0.0991 e. The van der Waals surface area contributed by atoms with Gasteiger partial charge in [-0.15, -0.1) is 0 Å². The fourth-order valence-electron chi connectivity index (χ4n) is 2.14. The lowest BCUT2D eigenvalue weighted by Gasteiger charge is -2.11. The summed E-state index contributed by atoms with van der Waals surface area (Å²) in [4.78, 5) is 0. The van der Waals surface area contributed by atoms with Gasteiger partial charge in [0, 0.05) is 12.2 Å². The van der Waals surface area contributed by atoms with Crippen LogP contribution in [0.4, 0.5) is 5.69 Å². The summed E-state index contributed by atoms with van der Waals surface area (Å²) < 4.78 is 0. The molecule has 15 heavy (non-hydrogen) atoms. The minimum atomic E-state index is 0.724. The molecule has 0 heterocycles. The first-order chi connectivity index (χ1) is 7.38. The van der Waals surface area contributed by atoms with Gasteiger partial charge < -0.3 is 5.32 Å². The third-order valence-corrected chi connectivity index (χ3v) is 3.08. The van der Waals surface area contributed by atoms with E-state index in [2.05, 4.69) is 11.4 Å². The molecule has 1 N–H and O–H groups in total. The summed E-state index contributed by atoms with van der Waals surface area (Å²) in [6, 6.07) is 9.80. The smallest absolute Gasteiger partial charge is 0.0991 e. The van der Waals surface area contributed by atoms with Gasteiger partial charge in [0.05, 0.1) is 11.6 Å². The topological polar surface area (TPSA) is 35.8 Å². The van der Waals surface area contributed by atoms with E-state index >= 15 is 0 Å². The summed E-state index contributed by atoms with van der Waals surface area (Å²) in [5, 5.41) is 12.1. The van der Waals surface area contributed by atoms with Crippen LogP contribution in [0.25, 0.3) is 0 Å². The highest BCUT2D eigenvalue weighted by Crippen LogP contribution is 2.24. The van der Waals surface area contributed by atoms with Crippen molar-refractivity contribution < 1.29 is 0 Å². The summed E-state index contributed by atoms with van der Waals surface area (Å²) in [6.45, 7) is 1.08. The number of benzene rings is 1. The highest BCUT2D eigenvalue weighted by Gasteiger charge is 2.13. The summed E-state index contributed by atoms with van der Waals surface area (Å²) in [7, 11) is 0. The molecule has 0 amide bonds. The van der Waals surface area contributed by atoms with Crippen LogP contribution < -0.4 is 5.32 Å². The van der Waals surface area contributed by atoms with E-state index in [1.54, 1.807) is 0 Å². The summed E-state index contributed by atoms with van der Waals surface area (Å²) in [5.74, 6) is 0.848. The van der Waals surface area contributed by atoms with Crippen LogP contribution in [0.15, 0.2) is 24.3 Å². The highest BCUT2D eigenvalue weighted by atomic mass is 14.9. The van der Waals surface area contributed by atoms with Crippen LogP contribution in [-0.4, -0.2) is 6.54 Å². The lowest BCUT2D eigenvalue weighted by atomic mass is 10.1. The Balaban J connectivity index is 1.85. The van der Waals surface area contributed by atoms with Crippen molar-refractivity contribution in [2.75, 3.05) is 11.9 Å². The quantitative estimate of drug-likeness (QED) is 0.813. The molecule has 0 aliphatic heterocycles. The molecule has 0 unspecified atom stereocenters. The molecule has 2 rings (SSSR count). The number of anilines is 1. The summed E-state index contributed by atoms with van der Waals surface area (Å²) >= 11 is 0. The van der Waals surface area contributed by atoms with E-state index in [1.165, 1.54) is 25.7 Å². The van der Waals surface area contributed by atoms with Crippen LogP contribution in [0.2, 0.25) is 0 Å². The molecule has 2 heteroatoms. The van der Waals surface area contributed by atoms with E-state index in [4.69, 9.17) is 5.26 Å². The van der Waals surface area contributed by atoms with Gasteiger partial charge in [-0.25, -0.2) is 0 Å². The first-order valence-corrected chi connectivity index (χ1v) is 5.62. The van der Waals surface area contributed by atoms with Gasteiger partial charge in [0.1, 0.15) is 0 Å². The molecule has 1 fully saturated rings. The van der Waals surface area contributed by atoms with Gasteiger partial charge >= 0.3 is 0 Å². The Hall–Kier alpha value is -1.49. The molecule has 1 aromatic rings. The third kappa shape index (κ3) is 2.73. The molecule has 0 saturated heterocycles. The molecule has 1 aliphatic rings. The van der Waals surface area contributed by atoms with Crippen molar-refractivity contribution in [3.05, 3.63) is 29.8 Å². The predicted octanol–water partition coefficient (Wildman–Crippen LogP) is 3.16. The van der Waals surface area contributed by atoms with E-state index in [9.17, 15) is 0 Å². The normalized spacial score (nSPS) is 16.2. The zero-order valence-corrected chi connectivity index (χ0v) is 8.87. The minimum Gasteiger partial charge on any atom is -0.385 e. The van der Waals surface area contributed by atoms with Gasteiger partial charge in [-0.3, -0.25) is 0 Å². The second-order valence-electron chi connectivity index (χ2n) is 4.22. The number of rotatable bonds is 3. The van der Waals surface area contributed by atoms with Crippen molar-refractivity contribution >= 4 is 5.69 Å². The molecular formula is C13H16N2. The maximum absolute atomic E-state index is 8.66. The Morgan fingerprint density at radius 1 is 1.20 bits per heavy atom. The number of hydrogen-bond acceptors (Lipinski definition) is 2. The Labute approximate surface area is 90.9 Å². The standard InChI is InChI=1S/C13H16N2/c14-9-11-5-7-13(8-6-11)15-10-12-3-1-2-4-12/h5-8,12,15H,1-4,10H2. The number of hydrogen-bond donors (Lipinski definition) is 1. The molecule has 1 aromatic carbocycles. The molecule has 2 nitrogen and oxygen atoms in total. The maximum atomic E-state index is 8.66. The average Bonchev–Trinajstić information content (AvgIpc) is 2.80. The third-order valence-electron chi connectivity index (χ3n) is 3.08. The van der Waals surface area contributed by atoms with Gasteiger partial charge in [-0.1, -0.05) is 12.8 Å². The monoisotopic (exact) mass is 200 g/mol. The van der Waals surface area contributed by atoms with Crippen molar-refractivity contribution in [2.45, 2.75) is 25.7 Å². The Kier molecular flexibility index (Phi) is 3.24. The molecule has 1 saturated carbocycles. The van der Waals surface area contributed by atoms with Crippen molar-refractivity contribution in [3.63, 3.8) is 0 Å². The van der Waals surface area contributed by atoms with Crippen molar-refractivity contribution in [2.24, 2.45) is 5.92 Å². The van der Waals surface area contributed by atoms with Crippen LogP contribution in [0.1, 0.15) is 31.2 Å². The zero-order chi connectivity index (χ0) is 10.5. The number of nitriles is 1. The second-order valence-corrected chi connectivity index (χ2v) is 4.22. The summed E-state index contributed by atoms with van der Waals surface area (Å²) in [6.07, 6.45) is 5.51. The predicted molar refractivity (Wildman–Crippen MR) is 61.6 cm³/mol. The van der Waals surface area contributed by atoms with Crippen LogP contribution in [0.3, 0.4) is 0 Å². The van der Waals surface area contributed by atoms with Crippen LogP contribution in [0.5, 0.6) is 0 Å². The molecular weight excluding hydrogens is 184 g/mol. The number of nitrogens with one attached hydrogen (secondary N) is 1. The summed E-state index contributed by atoms with van der Waals surface area (Å²) in [5.41, 5.74) is 1.85. The van der Waals surface area contributed by atoms with E-state index in [1.807, 2.05) is 24.3 Å². The van der Waals surface area contributed by atoms with Crippen molar-refractivity contribution in [1.29, 1.82) is 5.26 Å². The molecule has 0 aromatic heterocycles. The highest BCUT2D eigenvalue weighted by molar-refractivity contribution is 5.47. The van der Waals surface area contributed by atoms with Crippen LogP contribution in [0, 0.1) is 17.2 Å². The van der Waals surface area contributed by atoms with Gasteiger partial charge in [0.2, 0.25) is 0 Å². The van der Waals surface area contributed by atoms with E-state index < -0.39 is 0 Å². The Morgan fingerprint density at radius 3 is 2.47 bits per heavy atom. The molecule has 0 radical (unpaired) electrons. The first kappa shape index (κ1) is 10.0. The van der Waals surface area contributed by atoms with Gasteiger partial charge in [-0.2, -0.15) is 5.26 Å².